The Labute approximate surface area is 241 Å². The average molecular weight is 579 g/mol. The van der Waals surface area contributed by atoms with Crippen LogP contribution in [-0.4, -0.2) is 64.3 Å². The van der Waals surface area contributed by atoms with Crippen LogP contribution < -0.4 is 15.3 Å². The Morgan fingerprint density at radius 3 is 2.21 bits per heavy atom. The SMILES string of the molecule is CC.COc1ccc(-c2ccc3ncc4c(c3c2)n(-c2ccc(N3CCN(C)CC3)c(C(F)(F)F)c2)c(=O)n4C)cn1. The standard InChI is InChI=1S/C29H27F3N6O2.C2H6/c1-35-10-12-37(13-11-35)24-8-6-20(15-22(24)29(30,31)32)38-27-21-14-18(19-5-9-26(40-3)34-16-19)4-7-23(21)33-17-25(27)36(2)28(38)39;1-2/h4-9,14-17H,10-13H2,1-3H3;1-2H3. The van der Waals surface area contributed by atoms with E-state index >= 15 is 0 Å². The molecule has 0 unspecified atom stereocenters. The maximum atomic E-state index is 14.4. The van der Waals surface area contributed by atoms with Crippen molar-refractivity contribution < 1.29 is 17.9 Å². The lowest BCUT2D eigenvalue weighted by atomic mass is 10.0. The normalized spacial score (nSPS) is 14.2. The van der Waals surface area contributed by atoms with Gasteiger partial charge in [0.15, 0.2) is 0 Å². The second-order valence-electron chi connectivity index (χ2n) is 9.98. The largest absolute Gasteiger partial charge is 0.481 e. The predicted molar refractivity (Wildman–Crippen MR) is 160 cm³/mol. The summed E-state index contributed by atoms with van der Waals surface area (Å²) in [7, 11) is 5.08. The summed E-state index contributed by atoms with van der Waals surface area (Å²) in [6, 6.07) is 13.4. The summed E-state index contributed by atoms with van der Waals surface area (Å²) in [5.41, 5.74) is 2.30. The zero-order valence-electron chi connectivity index (χ0n) is 24.2. The first kappa shape index (κ1) is 29.1. The third kappa shape index (κ3) is 5.20. The lowest BCUT2D eigenvalue weighted by Gasteiger charge is -2.35. The number of alkyl halides is 3. The van der Waals surface area contributed by atoms with Gasteiger partial charge >= 0.3 is 11.9 Å². The van der Waals surface area contributed by atoms with E-state index in [0.717, 1.165) is 17.2 Å². The average Bonchev–Trinajstić information content (AvgIpc) is 3.27. The van der Waals surface area contributed by atoms with Gasteiger partial charge in [0.25, 0.3) is 0 Å². The lowest BCUT2D eigenvalue weighted by molar-refractivity contribution is -0.137. The molecule has 6 rings (SSSR count). The van der Waals surface area contributed by atoms with Gasteiger partial charge in [-0.2, -0.15) is 13.2 Å². The van der Waals surface area contributed by atoms with E-state index in [1.165, 1.54) is 22.3 Å². The van der Waals surface area contributed by atoms with E-state index in [4.69, 9.17) is 4.74 Å². The van der Waals surface area contributed by atoms with Crippen LogP contribution in [0.25, 0.3) is 38.8 Å². The topological polar surface area (TPSA) is 68.4 Å². The van der Waals surface area contributed by atoms with Gasteiger partial charge in [0.05, 0.1) is 41.1 Å². The van der Waals surface area contributed by atoms with Crippen molar-refractivity contribution in [3.05, 3.63) is 77.0 Å². The quantitative estimate of drug-likeness (QED) is 0.271. The van der Waals surface area contributed by atoms with Crippen LogP contribution in [0.1, 0.15) is 19.4 Å². The second kappa shape index (κ2) is 11.5. The first-order valence-corrected chi connectivity index (χ1v) is 13.8. The number of nitrogens with zero attached hydrogens (tertiary/aromatic N) is 6. The number of anilines is 1. The van der Waals surface area contributed by atoms with Crippen molar-refractivity contribution >= 4 is 27.6 Å². The predicted octanol–water partition coefficient (Wildman–Crippen LogP) is 5.74. The monoisotopic (exact) mass is 578 g/mol. The summed E-state index contributed by atoms with van der Waals surface area (Å²) in [6.07, 6.45) is -1.34. The minimum absolute atomic E-state index is 0.124. The summed E-state index contributed by atoms with van der Waals surface area (Å²) < 4.78 is 51.1. The third-order valence-corrected chi connectivity index (χ3v) is 7.55. The Bertz CT molecular complexity index is 1790. The molecule has 0 bridgehead atoms. The number of fused-ring (bicyclic) bond motifs is 3. The summed E-state index contributed by atoms with van der Waals surface area (Å²) in [6.45, 7) is 6.33. The van der Waals surface area contributed by atoms with Crippen molar-refractivity contribution in [1.82, 2.24) is 24.0 Å². The summed E-state index contributed by atoms with van der Waals surface area (Å²) >= 11 is 0. The van der Waals surface area contributed by atoms with Crippen LogP contribution >= 0.6 is 0 Å². The number of halogens is 3. The maximum Gasteiger partial charge on any atom is 0.418 e. The van der Waals surface area contributed by atoms with Gasteiger partial charge in [-0.25, -0.2) is 9.78 Å². The number of rotatable bonds is 4. The van der Waals surface area contributed by atoms with Gasteiger partial charge in [-0.1, -0.05) is 19.9 Å². The van der Waals surface area contributed by atoms with E-state index in [2.05, 4.69) is 14.9 Å². The highest BCUT2D eigenvalue weighted by Crippen LogP contribution is 2.39. The van der Waals surface area contributed by atoms with Gasteiger partial charge in [0.1, 0.15) is 0 Å². The molecule has 2 aromatic carbocycles. The maximum absolute atomic E-state index is 14.4. The number of piperazine rings is 1. The van der Waals surface area contributed by atoms with Crippen LogP contribution in [0.3, 0.4) is 0 Å². The van der Waals surface area contributed by atoms with E-state index in [1.54, 1.807) is 36.5 Å². The molecule has 42 heavy (non-hydrogen) atoms. The van der Waals surface area contributed by atoms with Crippen LogP contribution in [0.15, 0.2) is 65.7 Å². The first-order valence-electron chi connectivity index (χ1n) is 13.8. The zero-order valence-corrected chi connectivity index (χ0v) is 24.2. The molecule has 220 valence electrons. The van der Waals surface area contributed by atoms with Crippen molar-refractivity contribution in [2.75, 3.05) is 45.2 Å². The fraction of sp³-hybridized carbons (Fsp3) is 0.323. The Kier molecular flexibility index (Phi) is 7.96. The molecule has 0 amide bonds. The molecule has 1 aliphatic heterocycles. The van der Waals surface area contributed by atoms with Crippen LogP contribution in [0.2, 0.25) is 0 Å². The lowest BCUT2D eigenvalue weighted by Crippen LogP contribution is -2.45. The summed E-state index contributed by atoms with van der Waals surface area (Å²) in [5.74, 6) is 0.478. The van der Waals surface area contributed by atoms with Gasteiger partial charge in [0.2, 0.25) is 5.88 Å². The molecule has 0 radical (unpaired) electrons. The smallest absolute Gasteiger partial charge is 0.418 e. The molecule has 11 heteroatoms. The number of imidazole rings is 1. The highest BCUT2D eigenvalue weighted by atomic mass is 19.4. The van der Waals surface area contributed by atoms with Gasteiger partial charge in [-0.3, -0.25) is 14.1 Å². The van der Waals surface area contributed by atoms with E-state index in [0.29, 0.717) is 54.0 Å². The van der Waals surface area contributed by atoms with Gasteiger partial charge < -0.3 is 14.5 Å². The Hall–Kier alpha value is -4.38. The molecule has 1 aliphatic rings. The number of pyridine rings is 2. The van der Waals surface area contributed by atoms with Gasteiger partial charge in [0, 0.05) is 62.1 Å². The number of methoxy groups -OCH3 is 1. The molecule has 1 fully saturated rings. The Morgan fingerprint density at radius 1 is 0.857 bits per heavy atom. The highest BCUT2D eigenvalue weighted by molar-refractivity contribution is 6.04. The van der Waals surface area contributed by atoms with Gasteiger partial charge in [-0.15, -0.1) is 0 Å². The Morgan fingerprint density at radius 2 is 1.57 bits per heavy atom. The number of benzene rings is 2. The molecule has 0 spiro atoms. The van der Waals surface area contributed by atoms with Crippen molar-refractivity contribution in [1.29, 1.82) is 0 Å². The van der Waals surface area contributed by atoms with Crippen molar-refractivity contribution in [2.24, 2.45) is 7.05 Å². The molecule has 4 heterocycles. The molecule has 1 saturated heterocycles. The van der Waals surface area contributed by atoms with Crippen molar-refractivity contribution in [2.45, 2.75) is 20.0 Å². The molecule has 0 N–H and O–H groups in total. The molecule has 8 nitrogen and oxygen atoms in total. The van der Waals surface area contributed by atoms with Crippen molar-refractivity contribution in [3.63, 3.8) is 0 Å². The van der Waals surface area contributed by atoms with E-state index in [1.807, 2.05) is 45.2 Å². The number of hydrogen-bond donors (Lipinski definition) is 0. The number of aromatic nitrogens is 4. The number of likely N-dealkylation sites (N-methyl/N-ethyl adjacent to an activating group) is 1. The van der Waals surface area contributed by atoms with E-state index in [-0.39, 0.29) is 11.4 Å². The van der Waals surface area contributed by atoms with Crippen LogP contribution in [0.5, 0.6) is 5.88 Å². The fourth-order valence-corrected chi connectivity index (χ4v) is 5.30. The summed E-state index contributed by atoms with van der Waals surface area (Å²) in [5, 5.41) is 0.639. The van der Waals surface area contributed by atoms with Gasteiger partial charge in [-0.05, 0) is 49.0 Å². The van der Waals surface area contributed by atoms with Crippen molar-refractivity contribution in [3.8, 4) is 22.7 Å². The molecule has 0 atom stereocenters. The minimum Gasteiger partial charge on any atom is -0.481 e. The molecule has 5 aromatic rings. The molecule has 0 aliphatic carbocycles. The van der Waals surface area contributed by atoms with E-state index in [9.17, 15) is 18.0 Å². The van der Waals surface area contributed by atoms with E-state index < -0.39 is 17.4 Å². The van der Waals surface area contributed by atoms with Crippen LogP contribution in [-0.2, 0) is 13.2 Å². The molecule has 0 saturated carbocycles. The fourth-order valence-electron chi connectivity index (χ4n) is 5.30. The molecule has 3 aromatic heterocycles. The first-order chi connectivity index (χ1) is 20.2. The number of aryl methyl sites for hydroxylation is 1. The van der Waals surface area contributed by atoms with Crippen LogP contribution in [0, 0.1) is 0 Å². The Balaban J connectivity index is 0.00000173. The molecular weight excluding hydrogens is 545 g/mol. The third-order valence-electron chi connectivity index (χ3n) is 7.55. The number of ether oxygens (including phenoxy) is 1. The zero-order chi connectivity index (χ0) is 30.2. The highest BCUT2D eigenvalue weighted by Gasteiger charge is 2.36. The molecular formula is C31H33F3N6O2. The summed E-state index contributed by atoms with van der Waals surface area (Å²) in [4.78, 5) is 26.2. The second-order valence-corrected chi connectivity index (χ2v) is 9.98. The minimum atomic E-state index is -4.60. The van der Waals surface area contributed by atoms with Crippen LogP contribution in [0.4, 0.5) is 18.9 Å². The number of hydrogen-bond acceptors (Lipinski definition) is 6.